The topological polar surface area (TPSA) is 101 Å². The number of nitrogens with one attached hydrogen (secondary N) is 2. The van der Waals surface area contributed by atoms with E-state index in [9.17, 15) is 8.42 Å². The molecule has 0 saturated heterocycles. The number of hydrogen-bond acceptors (Lipinski definition) is 5. The van der Waals surface area contributed by atoms with E-state index in [2.05, 4.69) is 19.8 Å². The Morgan fingerprint density at radius 3 is 2.59 bits per heavy atom. The molecule has 2 saturated carbocycles. The lowest BCUT2D eigenvalue weighted by atomic mass is 10.0. The molecule has 2 aliphatic rings. The molecule has 3 aromatic rings. The maximum atomic E-state index is 13.3. The van der Waals surface area contributed by atoms with Crippen molar-refractivity contribution in [3.63, 3.8) is 0 Å². The van der Waals surface area contributed by atoms with E-state index in [4.69, 9.17) is 4.52 Å². The van der Waals surface area contributed by atoms with E-state index in [1.807, 2.05) is 19.9 Å². The first kappa shape index (κ1) is 18.8. The number of hydrogen-bond donors (Lipinski definition) is 2. The van der Waals surface area contributed by atoms with Crippen LogP contribution < -0.4 is 4.72 Å². The second kappa shape index (κ2) is 6.95. The first-order valence-corrected chi connectivity index (χ1v) is 11.9. The van der Waals surface area contributed by atoms with Crippen molar-refractivity contribution in [2.24, 2.45) is 5.92 Å². The van der Waals surface area contributed by atoms with Crippen LogP contribution in [-0.2, 0) is 16.4 Å². The van der Waals surface area contributed by atoms with Crippen molar-refractivity contribution >= 4 is 21.1 Å². The minimum atomic E-state index is -3.69. The minimum Gasteiger partial charge on any atom is -0.361 e. The third-order valence-electron chi connectivity index (χ3n) is 6.07. The summed E-state index contributed by atoms with van der Waals surface area (Å²) in [6.45, 7) is 3.71. The second-order valence-corrected chi connectivity index (χ2v) is 10.2. The van der Waals surface area contributed by atoms with Crippen LogP contribution in [-0.4, -0.2) is 29.6 Å². The summed E-state index contributed by atoms with van der Waals surface area (Å²) >= 11 is 0. The Morgan fingerprint density at radius 2 is 1.93 bits per heavy atom. The molecule has 2 fully saturated rings. The smallest absolute Gasteiger partial charge is 0.243 e. The highest BCUT2D eigenvalue weighted by atomic mass is 32.2. The molecule has 2 N–H and O–H groups in total. The number of H-pyrrole nitrogens is 1. The first-order chi connectivity index (χ1) is 13.9. The van der Waals surface area contributed by atoms with E-state index < -0.39 is 10.0 Å². The number of fused-ring (bicyclic) bond motifs is 1. The van der Waals surface area contributed by atoms with Gasteiger partial charge in [0.1, 0.15) is 22.0 Å². The van der Waals surface area contributed by atoms with Crippen LogP contribution in [0.25, 0.3) is 22.2 Å². The largest absolute Gasteiger partial charge is 0.361 e. The predicted molar refractivity (Wildman–Crippen MR) is 110 cm³/mol. The fraction of sp³-hybridized carbons (Fsp3) is 0.524. The molecule has 0 atom stereocenters. The van der Waals surface area contributed by atoms with Gasteiger partial charge in [0.05, 0.1) is 11.2 Å². The van der Waals surface area contributed by atoms with Gasteiger partial charge in [0.15, 0.2) is 0 Å². The van der Waals surface area contributed by atoms with Crippen LogP contribution in [0, 0.1) is 19.8 Å². The molecule has 2 heterocycles. The Hall–Kier alpha value is -2.19. The molecule has 5 rings (SSSR count). The van der Waals surface area contributed by atoms with E-state index >= 15 is 0 Å². The second-order valence-electron chi connectivity index (χ2n) is 8.50. The van der Waals surface area contributed by atoms with Gasteiger partial charge in [-0.15, -0.1) is 0 Å². The van der Waals surface area contributed by atoms with Gasteiger partial charge in [-0.25, -0.2) is 18.1 Å². The summed E-state index contributed by atoms with van der Waals surface area (Å²) in [5, 5.41) is 4.03. The number of nitrogens with zero attached hydrogens (tertiary/aromatic N) is 2. The Morgan fingerprint density at radius 1 is 1.17 bits per heavy atom. The number of aromatic nitrogens is 3. The summed E-state index contributed by atoms with van der Waals surface area (Å²) in [4.78, 5) is 8.28. The molecule has 0 aliphatic heterocycles. The average Bonchev–Trinajstić information content (AvgIpc) is 3.02. The lowest BCUT2D eigenvalue weighted by Gasteiger charge is -2.14. The molecule has 0 spiro atoms. The Kier molecular flexibility index (Phi) is 4.51. The quantitative estimate of drug-likeness (QED) is 0.635. The van der Waals surface area contributed by atoms with Gasteiger partial charge < -0.3 is 9.51 Å². The fourth-order valence-corrected chi connectivity index (χ4v) is 5.89. The molecule has 154 valence electrons. The van der Waals surface area contributed by atoms with E-state index in [-0.39, 0.29) is 10.9 Å². The predicted octanol–water partition coefficient (Wildman–Crippen LogP) is 4.01. The fourth-order valence-electron chi connectivity index (χ4n) is 4.40. The molecular formula is C21H26N4O3S. The maximum absolute atomic E-state index is 13.3. The number of benzene rings is 1. The third-order valence-corrected chi connectivity index (χ3v) is 7.60. The van der Waals surface area contributed by atoms with Crippen molar-refractivity contribution in [3.8, 4) is 11.1 Å². The molecule has 0 amide bonds. The monoisotopic (exact) mass is 414 g/mol. The van der Waals surface area contributed by atoms with Gasteiger partial charge in [0.2, 0.25) is 10.0 Å². The van der Waals surface area contributed by atoms with Gasteiger partial charge in [-0.3, -0.25) is 0 Å². The zero-order chi connectivity index (χ0) is 20.2. The van der Waals surface area contributed by atoms with Crippen LogP contribution in [0.1, 0.15) is 55.8 Å². The SMILES string of the molecule is Cc1noc(C)c1-c1cc(S(=O)(=O)NC2CCCC2)c2nc(CC3CC3)[nH]c2c1. The maximum Gasteiger partial charge on any atom is 0.243 e. The summed E-state index contributed by atoms with van der Waals surface area (Å²) < 4.78 is 34.9. The van der Waals surface area contributed by atoms with E-state index in [1.54, 1.807) is 6.07 Å². The normalized spacial score (nSPS) is 18.1. The number of imidazole rings is 1. The van der Waals surface area contributed by atoms with Crippen LogP contribution in [0.2, 0.25) is 0 Å². The van der Waals surface area contributed by atoms with Crippen LogP contribution in [0.15, 0.2) is 21.6 Å². The van der Waals surface area contributed by atoms with Gasteiger partial charge in [0.25, 0.3) is 0 Å². The highest BCUT2D eigenvalue weighted by Crippen LogP contribution is 2.36. The van der Waals surface area contributed by atoms with E-state index in [0.717, 1.165) is 60.3 Å². The molecule has 0 radical (unpaired) electrons. The van der Waals surface area contributed by atoms with Crippen LogP contribution in [0.3, 0.4) is 0 Å². The lowest BCUT2D eigenvalue weighted by molar-refractivity contribution is 0.393. The van der Waals surface area contributed by atoms with Crippen molar-refractivity contribution in [1.29, 1.82) is 0 Å². The summed E-state index contributed by atoms with van der Waals surface area (Å²) in [7, 11) is -3.69. The average molecular weight is 415 g/mol. The molecule has 2 aromatic heterocycles. The van der Waals surface area contributed by atoms with Gasteiger partial charge >= 0.3 is 0 Å². The highest BCUT2D eigenvalue weighted by Gasteiger charge is 2.28. The van der Waals surface area contributed by atoms with Crippen LogP contribution in [0.5, 0.6) is 0 Å². The van der Waals surface area contributed by atoms with Gasteiger partial charge in [-0.05, 0) is 63.1 Å². The molecule has 29 heavy (non-hydrogen) atoms. The summed E-state index contributed by atoms with van der Waals surface area (Å²) in [6, 6.07) is 3.68. The standard InChI is InChI=1S/C21H26N4O3S/c1-12-20(13(2)28-24-12)15-10-17-21(23-19(22-17)9-14-7-8-14)18(11-15)29(26,27)25-16-5-3-4-6-16/h10-11,14,16,25H,3-9H2,1-2H3,(H,22,23). The Bertz CT molecular complexity index is 1150. The summed E-state index contributed by atoms with van der Waals surface area (Å²) in [5.41, 5.74) is 3.61. The molecule has 0 unspecified atom stereocenters. The van der Waals surface area contributed by atoms with Gasteiger partial charge in [-0.1, -0.05) is 18.0 Å². The number of aryl methyl sites for hydroxylation is 2. The number of aromatic amines is 1. The number of rotatable bonds is 6. The number of sulfonamides is 1. The van der Waals surface area contributed by atoms with Crippen molar-refractivity contribution < 1.29 is 12.9 Å². The molecule has 0 bridgehead atoms. The molecular weight excluding hydrogens is 388 g/mol. The zero-order valence-electron chi connectivity index (χ0n) is 16.8. The molecule has 7 nitrogen and oxygen atoms in total. The zero-order valence-corrected chi connectivity index (χ0v) is 17.6. The minimum absolute atomic E-state index is 0.00245. The third kappa shape index (κ3) is 3.59. The summed E-state index contributed by atoms with van der Waals surface area (Å²) in [6.07, 6.45) is 7.21. The molecule has 2 aliphatic carbocycles. The van der Waals surface area contributed by atoms with Crippen molar-refractivity contribution in [2.45, 2.75) is 69.7 Å². The Labute approximate surface area is 170 Å². The summed E-state index contributed by atoms with van der Waals surface area (Å²) in [5.74, 6) is 2.19. The van der Waals surface area contributed by atoms with E-state index in [1.165, 1.54) is 12.8 Å². The van der Waals surface area contributed by atoms with E-state index in [0.29, 0.717) is 17.2 Å². The van der Waals surface area contributed by atoms with Crippen LogP contribution in [0.4, 0.5) is 0 Å². The van der Waals surface area contributed by atoms with Gasteiger partial charge in [0, 0.05) is 18.0 Å². The van der Waals surface area contributed by atoms with Crippen molar-refractivity contribution in [3.05, 3.63) is 29.4 Å². The highest BCUT2D eigenvalue weighted by molar-refractivity contribution is 7.89. The molecule has 8 heteroatoms. The van der Waals surface area contributed by atoms with Crippen molar-refractivity contribution in [2.75, 3.05) is 0 Å². The first-order valence-electron chi connectivity index (χ1n) is 10.4. The Balaban J connectivity index is 1.65. The lowest BCUT2D eigenvalue weighted by Crippen LogP contribution is -2.32. The van der Waals surface area contributed by atoms with Gasteiger partial charge in [-0.2, -0.15) is 0 Å². The van der Waals surface area contributed by atoms with Crippen molar-refractivity contribution in [1.82, 2.24) is 19.8 Å². The van der Waals surface area contributed by atoms with Crippen LogP contribution >= 0.6 is 0 Å². The molecule has 1 aromatic carbocycles.